The minimum atomic E-state index is 0.438. The first kappa shape index (κ1) is 9.33. The highest BCUT2D eigenvalue weighted by molar-refractivity contribution is 5.74. The summed E-state index contributed by atoms with van der Waals surface area (Å²) < 4.78 is 0. The number of rotatable bonds is 2. The van der Waals surface area contributed by atoms with Gasteiger partial charge in [0.05, 0.1) is 24.2 Å². The summed E-state index contributed by atoms with van der Waals surface area (Å²) in [5.74, 6) is 0. The van der Waals surface area contributed by atoms with E-state index in [-0.39, 0.29) is 0 Å². The molecular weight excluding hydrogens is 224 g/mol. The second-order valence-electron chi connectivity index (χ2n) is 2.96. The molecule has 0 aliphatic rings. The summed E-state index contributed by atoms with van der Waals surface area (Å²) in [6.45, 7) is 0. The highest BCUT2D eigenvalue weighted by Gasteiger charge is 2.13. The molecule has 3 heterocycles. The Morgan fingerprint density at radius 1 is 0.824 bits per heavy atom. The van der Waals surface area contributed by atoms with Gasteiger partial charge in [0.2, 0.25) is 0 Å². The minimum Gasteiger partial charge on any atom is -0.197 e. The van der Waals surface area contributed by atoms with Crippen molar-refractivity contribution in [1.29, 1.82) is 0 Å². The van der Waals surface area contributed by atoms with Crippen LogP contribution in [0.15, 0.2) is 18.6 Å². The Kier molecular flexibility index (Phi) is 2.15. The zero-order valence-corrected chi connectivity index (χ0v) is 8.26. The number of H-pyrrole nitrogens is 1. The van der Waals surface area contributed by atoms with Crippen LogP contribution in [0.1, 0.15) is 0 Å². The number of aromatic amines is 1. The van der Waals surface area contributed by atoms with Crippen LogP contribution >= 0.6 is 0 Å². The summed E-state index contributed by atoms with van der Waals surface area (Å²) in [5, 5.41) is 35.5. The number of aromatic nitrogens is 10. The molecule has 0 bridgehead atoms. The zero-order chi connectivity index (χ0) is 11.5. The quantitative estimate of drug-likeness (QED) is 0.580. The van der Waals surface area contributed by atoms with Gasteiger partial charge in [0.15, 0.2) is 0 Å². The van der Waals surface area contributed by atoms with Crippen LogP contribution in [0.5, 0.6) is 0 Å². The van der Waals surface area contributed by atoms with E-state index in [9.17, 15) is 0 Å². The fourth-order valence-electron chi connectivity index (χ4n) is 1.28. The van der Waals surface area contributed by atoms with Crippen molar-refractivity contribution in [2.75, 3.05) is 0 Å². The van der Waals surface area contributed by atoms with Crippen molar-refractivity contribution < 1.29 is 0 Å². The average Bonchev–Trinajstić information content (AvgIpc) is 2.94. The molecule has 0 saturated heterocycles. The topological polar surface area (TPSA) is 132 Å². The smallest absolute Gasteiger partial charge is 0.136 e. The van der Waals surface area contributed by atoms with Crippen LogP contribution in [0.2, 0.25) is 0 Å². The molecule has 0 atom stereocenters. The van der Waals surface area contributed by atoms with Gasteiger partial charge in [-0.2, -0.15) is 15.4 Å². The van der Waals surface area contributed by atoms with E-state index in [1.165, 1.54) is 12.4 Å². The summed E-state index contributed by atoms with van der Waals surface area (Å²) in [4.78, 5) is 0. The van der Waals surface area contributed by atoms with Crippen molar-refractivity contribution in [2.24, 2.45) is 0 Å². The van der Waals surface area contributed by atoms with Crippen LogP contribution in [0, 0.1) is 0 Å². The molecule has 3 aromatic heterocycles. The molecule has 0 aromatic carbocycles. The second kappa shape index (κ2) is 3.92. The normalized spacial score (nSPS) is 10.4. The van der Waals surface area contributed by atoms with Crippen LogP contribution in [0.3, 0.4) is 0 Å². The van der Waals surface area contributed by atoms with Gasteiger partial charge in [0.1, 0.15) is 17.1 Å². The SMILES string of the molecule is c1n[nH]nc1-c1cnnnc1-c1cnnnn1. The van der Waals surface area contributed by atoms with E-state index in [2.05, 4.69) is 51.4 Å². The van der Waals surface area contributed by atoms with E-state index >= 15 is 0 Å². The molecule has 0 aliphatic carbocycles. The summed E-state index contributed by atoms with van der Waals surface area (Å²) in [6.07, 6.45) is 4.49. The maximum Gasteiger partial charge on any atom is 0.136 e. The molecule has 0 aliphatic heterocycles. The summed E-state index contributed by atoms with van der Waals surface area (Å²) in [5.41, 5.74) is 2.13. The standard InChI is InChI=1S/C7H4N10/c1-4(5-2-9-14-11-5)7(13-15-8-1)6-3-10-16-17-12-6/h1-3H,(H,9,11,14). The highest BCUT2D eigenvalue weighted by atomic mass is 15.4. The number of hydrogen-bond acceptors (Lipinski definition) is 9. The van der Waals surface area contributed by atoms with Crippen molar-refractivity contribution in [2.45, 2.75) is 0 Å². The molecule has 1 N–H and O–H groups in total. The van der Waals surface area contributed by atoms with E-state index in [0.29, 0.717) is 22.6 Å². The molecule has 0 unspecified atom stereocenters. The molecule has 0 spiro atoms. The Balaban J connectivity index is 2.18. The first-order valence-electron chi connectivity index (χ1n) is 4.51. The van der Waals surface area contributed by atoms with E-state index in [1.807, 2.05) is 0 Å². The number of nitrogens with one attached hydrogen (secondary N) is 1. The van der Waals surface area contributed by atoms with Crippen LogP contribution in [0.25, 0.3) is 22.6 Å². The number of nitrogens with zero attached hydrogens (tertiary/aromatic N) is 9. The van der Waals surface area contributed by atoms with E-state index in [1.54, 1.807) is 6.20 Å². The third kappa shape index (κ3) is 1.67. The average molecular weight is 228 g/mol. The Bertz CT molecular complexity index is 606. The maximum atomic E-state index is 3.94. The van der Waals surface area contributed by atoms with Crippen molar-refractivity contribution in [3.05, 3.63) is 18.6 Å². The lowest BCUT2D eigenvalue weighted by Gasteiger charge is -2.00. The third-order valence-electron chi connectivity index (χ3n) is 2.00. The zero-order valence-electron chi connectivity index (χ0n) is 8.26. The molecule has 0 amide bonds. The van der Waals surface area contributed by atoms with E-state index < -0.39 is 0 Å². The molecule has 0 radical (unpaired) electrons. The summed E-state index contributed by atoms with van der Waals surface area (Å²) >= 11 is 0. The monoisotopic (exact) mass is 228 g/mol. The molecule has 0 saturated carbocycles. The largest absolute Gasteiger partial charge is 0.197 e. The van der Waals surface area contributed by atoms with Crippen LogP contribution in [-0.2, 0) is 0 Å². The molecule has 3 rings (SSSR count). The fourth-order valence-corrected chi connectivity index (χ4v) is 1.28. The summed E-state index contributed by atoms with van der Waals surface area (Å²) in [7, 11) is 0. The van der Waals surface area contributed by atoms with Crippen molar-refractivity contribution in [3.63, 3.8) is 0 Å². The molecule has 10 nitrogen and oxygen atoms in total. The molecular formula is C7H4N10. The fraction of sp³-hybridized carbons (Fsp3) is 0. The van der Waals surface area contributed by atoms with Gasteiger partial charge in [0, 0.05) is 0 Å². The van der Waals surface area contributed by atoms with Gasteiger partial charge in [-0.25, -0.2) is 0 Å². The lowest BCUT2D eigenvalue weighted by molar-refractivity contribution is 0.760. The Morgan fingerprint density at radius 3 is 2.53 bits per heavy atom. The minimum absolute atomic E-state index is 0.438. The Labute approximate surface area is 93.5 Å². The van der Waals surface area contributed by atoms with Gasteiger partial charge in [-0.1, -0.05) is 0 Å². The van der Waals surface area contributed by atoms with Crippen molar-refractivity contribution in [3.8, 4) is 22.6 Å². The lowest BCUT2D eigenvalue weighted by atomic mass is 10.1. The maximum absolute atomic E-state index is 3.94. The van der Waals surface area contributed by atoms with E-state index in [0.717, 1.165) is 0 Å². The van der Waals surface area contributed by atoms with Gasteiger partial charge < -0.3 is 0 Å². The highest BCUT2D eigenvalue weighted by Crippen LogP contribution is 2.24. The van der Waals surface area contributed by atoms with Crippen LogP contribution in [0.4, 0.5) is 0 Å². The summed E-state index contributed by atoms with van der Waals surface area (Å²) in [6, 6.07) is 0. The third-order valence-corrected chi connectivity index (χ3v) is 2.00. The molecule has 0 fully saturated rings. The molecule has 17 heavy (non-hydrogen) atoms. The van der Waals surface area contributed by atoms with Gasteiger partial charge in [-0.15, -0.1) is 20.4 Å². The molecule has 3 aromatic rings. The first-order chi connectivity index (χ1) is 8.45. The van der Waals surface area contributed by atoms with Gasteiger partial charge in [-0.3, -0.25) is 0 Å². The Hall–Kier alpha value is -2.91. The molecule has 10 heteroatoms. The van der Waals surface area contributed by atoms with E-state index in [4.69, 9.17) is 0 Å². The number of hydrogen-bond donors (Lipinski definition) is 1. The first-order valence-corrected chi connectivity index (χ1v) is 4.51. The van der Waals surface area contributed by atoms with Crippen LogP contribution < -0.4 is 0 Å². The van der Waals surface area contributed by atoms with Crippen LogP contribution in [-0.4, -0.2) is 51.4 Å². The van der Waals surface area contributed by atoms with Gasteiger partial charge in [-0.05, 0) is 15.6 Å². The predicted molar refractivity (Wildman–Crippen MR) is 51.8 cm³/mol. The van der Waals surface area contributed by atoms with Gasteiger partial charge in [0.25, 0.3) is 0 Å². The predicted octanol–water partition coefficient (Wildman–Crippen LogP) is -1.10. The molecule has 82 valence electrons. The van der Waals surface area contributed by atoms with Crippen molar-refractivity contribution >= 4 is 0 Å². The van der Waals surface area contributed by atoms with Gasteiger partial charge >= 0.3 is 0 Å². The van der Waals surface area contributed by atoms with Crippen molar-refractivity contribution in [1.82, 2.24) is 51.4 Å². The lowest BCUT2D eigenvalue weighted by Crippen LogP contribution is -1.99. The second-order valence-corrected chi connectivity index (χ2v) is 2.96. The Morgan fingerprint density at radius 2 is 1.76 bits per heavy atom.